The highest BCUT2D eigenvalue weighted by Gasteiger charge is 2.45. The van der Waals surface area contributed by atoms with Crippen molar-refractivity contribution in [2.75, 3.05) is 12.3 Å². The fourth-order valence-electron chi connectivity index (χ4n) is 3.08. The van der Waals surface area contributed by atoms with Crippen molar-refractivity contribution in [3.63, 3.8) is 0 Å². The maximum absolute atomic E-state index is 10.8. The van der Waals surface area contributed by atoms with Gasteiger partial charge in [0.05, 0.1) is 5.60 Å². The summed E-state index contributed by atoms with van der Waals surface area (Å²) in [6.45, 7) is 7.11. The molecule has 1 aliphatic carbocycles. The Labute approximate surface area is 121 Å². The quantitative estimate of drug-likeness (QED) is 0.888. The molecule has 0 radical (unpaired) electrons. The first-order chi connectivity index (χ1) is 9.40. The lowest BCUT2D eigenvalue weighted by atomic mass is 9.68. The SMILES string of the molecule is CCOC1(C(O)c2cccnc2N)CCC(C)(C)CC1. The van der Waals surface area contributed by atoms with Crippen molar-refractivity contribution < 1.29 is 9.84 Å². The Morgan fingerprint density at radius 2 is 2.00 bits per heavy atom. The topological polar surface area (TPSA) is 68.4 Å². The molecule has 4 heteroatoms. The number of anilines is 1. The number of hydrogen-bond acceptors (Lipinski definition) is 4. The molecule has 0 bridgehead atoms. The zero-order chi connectivity index (χ0) is 14.8. The third kappa shape index (κ3) is 2.96. The minimum atomic E-state index is -0.716. The van der Waals surface area contributed by atoms with E-state index in [1.165, 1.54) is 0 Å². The van der Waals surface area contributed by atoms with E-state index >= 15 is 0 Å². The van der Waals surface area contributed by atoms with Crippen LogP contribution in [0.4, 0.5) is 5.82 Å². The number of aliphatic hydroxyl groups is 1. The number of ether oxygens (including phenoxy) is 1. The second kappa shape index (κ2) is 5.70. The second-order valence-electron chi connectivity index (χ2n) is 6.54. The summed E-state index contributed by atoms with van der Waals surface area (Å²) in [7, 11) is 0. The molecule has 1 atom stereocenters. The molecule has 0 amide bonds. The third-order valence-corrected chi connectivity index (χ3v) is 4.55. The van der Waals surface area contributed by atoms with Crippen LogP contribution in [0.5, 0.6) is 0 Å². The van der Waals surface area contributed by atoms with Crippen LogP contribution in [0.25, 0.3) is 0 Å². The molecule has 0 aliphatic heterocycles. The van der Waals surface area contributed by atoms with Crippen molar-refractivity contribution in [3.8, 4) is 0 Å². The van der Waals surface area contributed by atoms with Gasteiger partial charge in [0.1, 0.15) is 11.9 Å². The smallest absolute Gasteiger partial charge is 0.129 e. The predicted molar refractivity (Wildman–Crippen MR) is 80.2 cm³/mol. The van der Waals surface area contributed by atoms with E-state index in [2.05, 4.69) is 18.8 Å². The molecule has 0 saturated heterocycles. The van der Waals surface area contributed by atoms with Gasteiger partial charge in [-0.3, -0.25) is 0 Å². The Morgan fingerprint density at radius 3 is 2.55 bits per heavy atom. The molecule has 4 nitrogen and oxygen atoms in total. The Kier molecular flexibility index (Phi) is 4.35. The fraction of sp³-hybridized carbons (Fsp3) is 0.688. The summed E-state index contributed by atoms with van der Waals surface area (Å²) < 4.78 is 6.00. The van der Waals surface area contributed by atoms with E-state index in [9.17, 15) is 5.11 Å². The Balaban J connectivity index is 2.27. The number of aliphatic hydroxyl groups excluding tert-OH is 1. The van der Waals surface area contributed by atoms with Crippen LogP contribution in [0.3, 0.4) is 0 Å². The molecular weight excluding hydrogens is 252 g/mol. The molecule has 1 aliphatic rings. The van der Waals surface area contributed by atoms with E-state index in [1.807, 2.05) is 13.0 Å². The summed E-state index contributed by atoms with van der Waals surface area (Å²) in [4.78, 5) is 4.08. The normalized spacial score (nSPS) is 22.4. The van der Waals surface area contributed by atoms with Crippen molar-refractivity contribution in [1.82, 2.24) is 4.98 Å². The van der Waals surface area contributed by atoms with Crippen molar-refractivity contribution in [2.45, 2.75) is 58.2 Å². The van der Waals surface area contributed by atoms with Crippen LogP contribution in [0, 0.1) is 5.41 Å². The van der Waals surface area contributed by atoms with E-state index in [-0.39, 0.29) is 0 Å². The van der Waals surface area contributed by atoms with Crippen LogP contribution in [0.1, 0.15) is 58.1 Å². The van der Waals surface area contributed by atoms with E-state index in [1.54, 1.807) is 12.3 Å². The summed E-state index contributed by atoms with van der Waals surface area (Å²) in [6, 6.07) is 3.65. The lowest BCUT2D eigenvalue weighted by molar-refractivity contribution is -0.153. The summed E-state index contributed by atoms with van der Waals surface area (Å²) in [5.74, 6) is 0.393. The van der Waals surface area contributed by atoms with Gasteiger partial charge in [0, 0.05) is 18.4 Å². The predicted octanol–water partition coefficient (Wildman–Crippen LogP) is 3.07. The maximum Gasteiger partial charge on any atom is 0.129 e. The number of nitrogens with two attached hydrogens (primary N) is 1. The molecule has 1 fully saturated rings. The molecule has 0 aromatic carbocycles. The molecule has 1 aromatic heterocycles. The van der Waals surface area contributed by atoms with Crippen LogP contribution in [-0.4, -0.2) is 22.3 Å². The number of hydrogen-bond donors (Lipinski definition) is 2. The van der Waals surface area contributed by atoms with Crippen LogP contribution in [0.2, 0.25) is 0 Å². The maximum atomic E-state index is 10.8. The van der Waals surface area contributed by atoms with E-state index < -0.39 is 11.7 Å². The molecule has 2 rings (SSSR count). The largest absolute Gasteiger partial charge is 0.385 e. The van der Waals surface area contributed by atoms with Crippen LogP contribution in [-0.2, 0) is 4.74 Å². The lowest BCUT2D eigenvalue weighted by Crippen LogP contribution is -2.45. The summed E-state index contributed by atoms with van der Waals surface area (Å²) >= 11 is 0. The highest BCUT2D eigenvalue weighted by Crippen LogP contribution is 2.48. The highest BCUT2D eigenvalue weighted by atomic mass is 16.5. The molecule has 3 N–H and O–H groups in total. The third-order valence-electron chi connectivity index (χ3n) is 4.55. The summed E-state index contributed by atoms with van der Waals surface area (Å²) in [5.41, 5.74) is 6.38. The van der Waals surface area contributed by atoms with Crippen molar-refractivity contribution >= 4 is 5.82 Å². The standard InChI is InChI=1S/C16H26N2O2/c1-4-20-16(9-7-15(2,3)8-10-16)13(19)12-6-5-11-18-14(12)17/h5-6,11,13,19H,4,7-10H2,1-3H3,(H2,17,18). The highest BCUT2D eigenvalue weighted by molar-refractivity contribution is 5.41. The monoisotopic (exact) mass is 278 g/mol. The van der Waals surface area contributed by atoms with E-state index in [4.69, 9.17) is 10.5 Å². The molecule has 1 saturated carbocycles. The van der Waals surface area contributed by atoms with E-state index in [0.717, 1.165) is 25.7 Å². The van der Waals surface area contributed by atoms with Gasteiger partial charge in [-0.2, -0.15) is 0 Å². The van der Waals surface area contributed by atoms with Crippen LogP contribution >= 0.6 is 0 Å². The number of nitrogen functional groups attached to an aromatic ring is 1. The zero-order valence-corrected chi connectivity index (χ0v) is 12.7. The number of nitrogens with zero attached hydrogens (tertiary/aromatic N) is 1. The number of rotatable bonds is 4. The van der Waals surface area contributed by atoms with Crippen molar-refractivity contribution in [1.29, 1.82) is 0 Å². The first-order valence-electron chi connectivity index (χ1n) is 7.43. The van der Waals surface area contributed by atoms with Gasteiger partial charge in [0.15, 0.2) is 0 Å². The Morgan fingerprint density at radius 1 is 1.35 bits per heavy atom. The van der Waals surface area contributed by atoms with Gasteiger partial charge in [-0.15, -0.1) is 0 Å². The zero-order valence-electron chi connectivity index (χ0n) is 12.7. The molecule has 1 aromatic rings. The van der Waals surface area contributed by atoms with Gasteiger partial charge < -0.3 is 15.6 Å². The first-order valence-corrected chi connectivity index (χ1v) is 7.43. The Hall–Kier alpha value is -1.13. The average molecular weight is 278 g/mol. The van der Waals surface area contributed by atoms with Gasteiger partial charge in [-0.1, -0.05) is 19.9 Å². The van der Waals surface area contributed by atoms with Crippen LogP contribution in [0.15, 0.2) is 18.3 Å². The summed E-state index contributed by atoms with van der Waals surface area (Å²) in [5, 5.41) is 10.8. The molecular formula is C16H26N2O2. The van der Waals surface area contributed by atoms with Gasteiger partial charge in [-0.25, -0.2) is 4.98 Å². The molecule has 20 heavy (non-hydrogen) atoms. The summed E-state index contributed by atoms with van der Waals surface area (Å²) in [6.07, 6.45) is 4.72. The number of aromatic nitrogens is 1. The van der Waals surface area contributed by atoms with Gasteiger partial charge >= 0.3 is 0 Å². The second-order valence-corrected chi connectivity index (χ2v) is 6.54. The molecule has 1 unspecified atom stereocenters. The molecule has 0 spiro atoms. The van der Waals surface area contributed by atoms with Gasteiger partial charge in [0.25, 0.3) is 0 Å². The fourth-order valence-corrected chi connectivity index (χ4v) is 3.08. The van der Waals surface area contributed by atoms with Crippen molar-refractivity contribution in [2.24, 2.45) is 5.41 Å². The molecule has 112 valence electrons. The minimum Gasteiger partial charge on any atom is -0.385 e. The Bertz CT molecular complexity index is 450. The van der Waals surface area contributed by atoms with Crippen molar-refractivity contribution in [3.05, 3.63) is 23.9 Å². The minimum absolute atomic E-state index is 0.320. The lowest BCUT2D eigenvalue weighted by Gasteiger charge is -2.46. The first kappa shape index (κ1) is 15.3. The van der Waals surface area contributed by atoms with Crippen LogP contribution < -0.4 is 5.73 Å². The van der Waals surface area contributed by atoms with Gasteiger partial charge in [0.2, 0.25) is 0 Å². The molecule has 1 heterocycles. The van der Waals surface area contributed by atoms with E-state index in [0.29, 0.717) is 23.4 Å². The van der Waals surface area contributed by atoms with Gasteiger partial charge in [-0.05, 0) is 44.1 Å². The number of pyridine rings is 1. The average Bonchev–Trinajstić information content (AvgIpc) is 2.42.